The molecule has 0 spiro atoms. The number of azo groups is 3. The Balaban J connectivity index is 0.00000109. The molecule has 25 nitrogen and oxygen atoms in total. The lowest BCUT2D eigenvalue weighted by Crippen LogP contribution is -2.08. The lowest BCUT2D eigenvalue weighted by molar-refractivity contribution is -0.128. The van der Waals surface area contributed by atoms with Crippen LogP contribution in [0.5, 0.6) is 11.6 Å². The minimum Gasteiger partial charge on any atom is -0.493 e. The number of fused-ring (bicyclic) bond motifs is 3. The third kappa shape index (κ3) is 16.7. The number of amides is 1. The zero-order chi connectivity index (χ0) is 55.7. The highest BCUT2D eigenvalue weighted by Crippen LogP contribution is 2.49. The van der Waals surface area contributed by atoms with Crippen molar-refractivity contribution in [1.82, 2.24) is 9.38 Å². The molecule has 0 aliphatic carbocycles. The molecule has 0 saturated carbocycles. The van der Waals surface area contributed by atoms with Crippen LogP contribution in [0.25, 0.3) is 27.8 Å². The Morgan fingerprint density at radius 1 is 0.842 bits per heavy atom. The van der Waals surface area contributed by atoms with E-state index < -0.39 is 36.6 Å². The molecular weight excluding hydrogens is 1070 g/mol. The van der Waals surface area contributed by atoms with Crippen LogP contribution in [0.15, 0.2) is 116 Å². The van der Waals surface area contributed by atoms with Crippen molar-refractivity contribution in [3.8, 4) is 34.9 Å². The van der Waals surface area contributed by atoms with E-state index in [-0.39, 0.29) is 69.4 Å². The lowest BCUT2D eigenvalue weighted by Gasteiger charge is -2.12. The summed E-state index contributed by atoms with van der Waals surface area (Å²) in [5, 5.41) is 62.3. The molecule has 4 N–H and O–H groups in total. The molecule has 394 valence electrons. The third-order valence-corrected chi connectivity index (χ3v) is 11.8. The quantitative estimate of drug-likeness (QED) is 0.0269. The second-order valence-electron chi connectivity index (χ2n) is 15.7. The number of hydrogen-bond donors (Lipinski definition) is 4. The third-order valence-electron chi connectivity index (χ3n) is 10.1. The van der Waals surface area contributed by atoms with E-state index >= 15 is 0 Å². The number of carbonyl (C=O) groups is 2. The molecule has 0 fully saturated rings. The Kier molecular flexibility index (Phi) is 20.3. The maximum Gasteiger partial charge on any atom is 0.425 e. The number of carbonyl (C=O) groups excluding carboxylic acids is 2. The average Bonchev–Trinajstić information content (AvgIpc) is 3.91. The number of hydrogen-bond acceptors (Lipinski definition) is 22. The number of anilines is 1. The van der Waals surface area contributed by atoms with Gasteiger partial charge in [-0.2, -0.15) is 27.4 Å². The van der Waals surface area contributed by atoms with Crippen LogP contribution in [-0.2, 0) is 51.6 Å². The van der Waals surface area contributed by atoms with Crippen molar-refractivity contribution >= 4 is 110 Å². The van der Waals surface area contributed by atoms with Crippen LogP contribution in [0.1, 0.15) is 47.6 Å². The van der Waals surface area contributed by atoms with E-state index in [0.717, 1.165) is 16.9 Å². The first-order valence-corrected chi connectivity index (χ1v) is 27.1. The van der Waals surface area contributed by atoms with Crippen LogP contribution < -0.4 is 10.1 Å². The summed E-state index contributed by atoms with van der Waals surface area (Å²) in [5.41, 5.74) is 5.91. The van der Waals surface area contributed by atoms with Gasteiger partial charge in [-0.1, -0.05) is 47.7 Å². The maximum atomic E-state index is 11.9. The van der Waals surface area contributed by atoms with E-state index in [0.29, 0.717) is 81.8 Å². The summed E-state index contributed by atoms with van der Waals surface area (Å²) >= 11 is 1.06. The largest absolute Gasteiger partial charge is 0.493 e. The van der Waals surface area contributed by atoms with Crippen molar-refractivity contribution in [2.45, 2.75) is 40.0 Å². The number of pyridine rings is 1. The number of thiophene rings is 1. The molecule has 0 aliphatic rings. The van der Waals surface area contributed by atoms with E-state index in [1.807, 2.05) is 12.1 Å². The molecule has 0 atom stereocenters. The van der Waals surface area contributed by atoms with E-state index in [4.69, 9.17) is 26.7 Å². The fourth-order valence-electron chi connectivity index (χ4n) is 6.93. The predicted octanol–water partition coefficient (Wildman–Crippen LogP) is 9.75. The summed E-state index contributed by atoms with van der Waals surface area (Å²) in [6.45, 7) is 5.27. The molecule has 4 aromatic carbocycles. The Morgan fingerprint density at radius 3 is 2.14 bits per heavy atom. The highest BCUT2D eigenvalue weighted by atomic mass is 32.2. The zero-order valence-corrected chi connectivity index (χ0v) is 43.6. The van der Waals surface area contributed by atoms with Crippen molar-refractivity contribution < 1.29 is 62.7 Å². The van der Waals surface area contributed by atoms with Crippen LogP contribution in [0, 0.1) is 36.5 Å². The van der Waals surface area contributed by atoms with Gasteiger partial charge in [0, 0.05) is 29.8 Å². The molecular formula is C47H43N11O14S4. The fourth-order valence-corrected chi connectivity index (χ4v) is 8.33. The number of nitriles is 2. The van der Waals surface area contributed by atoms with Gasteiger partial charge in [0.15, 0.2) is 16.3 Å². The minimum absolute atomic E-state index is 0.00555. The fraction of sp³-hybridized carbons (Fsp3) is 0.213. The number of imidazole rings is 1. The van der Waals surface area contributed by atoms with Gasteiger partial charge in [0.05, 0.1) is 47.6 Å². The number of benzene rings is 4. The highest BCUT2D eigenvalue weighted by molar-refractivity contribution is 7.85. The molecule has 7 rings (SSSR count). The molecule has 0 aliphatic heterocycles. The normalized spacial score (nSPS) is 11.4. The smallest absolute Gasteiger partial charge is 0.425 e. The van der Waals surface area contributed by atoms with Gasteiger partial charge in [-0.05, 0) is 92.3 Å². The monoisotopic (exact) mass is 1110 g/mol. The Labute approximate surface area is 439 Å². The number of nitrogens with one attached hydrogen (secondary N) is 1. The van der Waals surface area contributed by atoms with Gasteiger partial charge in [-0.25, -0.2) is 4.98 Å². The summed E-state index contributed by atoms with van der Waals surface area (Å²) in [5.74, 6) is -1.07. The summed E-state index contributed by atoms with van der Waals surface area (Å²) in [4.78, 5) is 26.9. The minimum atomic E-state index is -4.29. The lowest BCUT2D eigenvalue weighted by atomic mass is 10.0. The highest BCUT2D eigenvalue weighted by Gasteiger charge is 2.23. The summed E-state index contributed by atoms with van der Waals surface area (Å²) in [7, 11) is -11.1. The van der Waals surface area contributed by atoms with Crippen molar-refractivity contribution in [3.05, 3.63) is 113 Å². The first kappa shape index (κ1) is 58.2. The number of rotatable bonds is 18. The van der Waals surface area contributed by atoms with Gasteiger partial charge in [-0.3, -0.25) is 23.1 Å². The van der Waals surface area contributed by atoms with Gasteiger partial charge in [-0.15, -0.1) is 43.3 Å². The number of aromatic nitrogens is 2. The topological polar surface area (TPSA) is 384 Å². The van der Waals surface area contributed by atoms with Gasteiger partial charge < -0.3 is 19.9 Å². The Hall–Kier alpha value is -8.71. The molecule has 0 bridgehead atoms. The Morgan fingerprint density at radius 2 is 1.50 bits per heavy atom. The van der Waals surface area contributed by atoms with E-state index in [2.05, 4.69) is 53.1 Å². The molecule has 0 saturated heterocycles. The van der Waals surface area contributed by atoms with E-state index in [9.17, 15) is 46.6 Å². The van der Waals surface area contributed by atoms with Crippen molar-refractivity contribution in [3.63, 3.8) is 0 Å². The predicted molar refractivity (Wildman–Crippen MR) is 277 cm³/mol. The van der Waals surface area contributed by atoms with Gasteiger partial charge >= 0.3 is 10.6 Å². The molecule has 3 aromatic heterocycles. The molecule has 0 radical (unpaired) electrons. The summed E-state index contributed by atoms with van der Waals surface area (Å²) < 4.78 is 95.7. The van der Waals surface area contributed by atoms with Crippen molar-refractivity contribution in [1.29, 1.82) is 10.5 Å². The summed E-state index contributed by atoms with van der Waals surface area (Å²) in [6, 6.07) is 28.8. The zero-order valence-electron chi connectivity index (χ0n) is 40.3. The molecule has 29 heteroatoms. The molecule has 3 heterocycles. The second kappa shape index (κ2) is 26.5. The van der Waals surface area contributed by atoms with E-state index in [1.54, 1.807) is 80.6 Å². The standard InChI is InChI=1S/C46H39N11O8S2.CH4O3S.O3S/c1-27-21-38(53-54-42-28(2)34(24-47)43-50-36-12-4-5-13-39(36)57(43)46(42)60)40(65-19-8-20-67(61,62)63)23-37(27)52-55-44-35(25-48)41(31-10-6-11-33(22-31)49-29(3)59)45(66-44)56-51-32-16-14-30(15-17-32)9-7-18-64-26-58;1-5(2,3)4;1-4(2)3/h4-6,10-17,21-23,26,60H,7-9,18-20H2,1-3H3,(H,49,59)(H,61,62,63);1H3,(H,2,3,4);. The molecule has 0 unspecified atom stereocenters. The van der Waals surface area contributed by atoms with Gasteiger partial charge in [0.2, 0.25) is 11.8 Å². The van der Waals surface area contributed by atoms with Crippen LogP contribution in [0.2, 0.25) is 0 Å². The number of ether oxygens (including phenoxy) is 2. The van der Waals surface area contributed by atoms with Crippen LogP contribution in [-0.4, -0.2) is 90.7 Å². The van der Waals surface area contributed by atoms with Gasteiger partial charge in [0.25, 0.3) is 26.7 Å². The first-order chi connectivity index (χ1) is 36.0. The van der Waals surface area contributed by atoms with Crippen LogP contribution in [0.3, 0.4) is 0 Å². The number of para-hydroxylation sites is 2. The molecule has 7 aromatic rings. The van der Waals surface area contributed by atoms with E-state index in [1.165, 1.54) is 17.4 Å². The maximum absolute atomic E-state index is 11.9. The SMILES string of the molecule is CC(=O)Nc1cccc(-c2c(N=Nc3ccc(CCCOC=O)cc3)sc(N=Nc3cc(OCCCS(=O)(=O)O)c(N=Nc4c(C)c(C#N)c5nc6ccccc6n5c4O)cc3C)c2C#N)c1.CS(=O)(=O)O.O=S(=O)=O. The summed E-state index contributed by atoms with van der Waals surface area (Å²) in [6.07, 6.45) is 1.98. The molecule has 1 amide bonds. The second-order valence-corrected chi connectivity index (χ2v) is 20.2. The molecule has 76 heavy (non-hydrogen) atoms. The number of aromatic hydroxyl groups is 1. The Bertz CT molecular complexity index is 3840. The van der Waals surface area contributed by atoms with Gasteiger partial charge in [0.1, 0.15) is 39.7 Å². The number of nitrogens with zero attached hydrogens (tertiary/aromatic N) is 10. The van der Waals surface area contributed by atoms with Crippen molar-refractivity contribution in [2.24, 2.45) is 30.7 Å². The average molecular weight is 1110 g/mol. The van der Waals surface area contributed by atoms with Crippen LogP contribution in [0.4, 0.5) is 38.4 Å². The number of aryl methyl sites for hydroxylation is 2. The first-order valence-electron chi connectivity index (χ1n) is 21.8. The van der Waals surface area contributed by atoms with Crippen molar-refractivity contribution in [2.75, 3.05) is 30.5 Å². The van der Waals surface area contributed by atoms with Crippen LogP contribution >= 0.6 is 11.3 Å².